The number of rotatable bonds is 20. The van der Waals surface area contributed by atoms with Gasteiger partial charge in [0.05, 0.1) is 0 Å². The van der Waals surface area contributed by atoms with Crippen molar-refractivity contribution in [2.24, 2.45) is 0 Å². The highest BCUT2D eigenvalue weighted by Crippen LogP contribution is 2.37. The molecule has 8 aliphatic rings. The van der Waals surface area contributed by atoms with Crippen molar-refractivity contribution in [3.63, 3.8) is 0 Å². The maximum Gasteiger partial charge on any atom is 0.261 e. The van der Waals surface area contributed by atoms with E-state index in [9.17, 15) is 19.2 Å². The summed E-state index contributed by atoms with van der Waals surface area (Å²) in [6.07, 6.45) is 47.5. The van der Waals surface area contributed by atoms with Crippen LogP contribution in [0.1, 0.15) is 257 Å². The summed E-state index contributed by atoms with van der Waals surface area (Å²) in [6, 6.07) is 17.9. The number of hydrogen-bond donors (Lipinski definition) is 0. The summed E-state index contributed by atoms with van der Waals surface area (Å²) in [5, 5.41) is 0. The predicted octanol–water partition coefficient (Wildman–Crippen LogP) is 14.9. The fraction of sp³-hybridized carbons (Fsp3) is 0.765. The van der Waals surface area contributed by atoms with Gasteiger partial charge in [-0.25, -0.2) is 0 Å². The zero-order chi connectivity index (χ0) is 55.1. The molecule has 0 heterocycles. The van der Waals surface area contributed by atoms with E-state index in [0.717, 1.165) is 103 Å². The Morgan fingerprint density at radius 1 is 0.250 bits per heavy atom. The lowest BCUT2D eigenvalue weighted by molar-refractivity contribution is -0.141. The number of para-hydroxylation sites is 4. The number of hydrogen-bond acceptors (Lipinski definition) is 8. The first-order valence-electron chi connectivity index (χ1n) is 33.3. The van der Waals surface area contributed by atoms with E-state index in [1.165, 1.54) is 154 Å². The third-order valence-corrected chi connectivity index (χ3v) is 20.0. The minimum Gasteiger partial charge on any atom is -0.480 e. The molecule has 10 rings (SSSR count). The highest BCUT2D eigenvalue weighted by molar-refractivity contribution is 5.80. The molecule has 8 aliphatic carbocycles. The summed E-state index contributed by atoms with van der Waals surface area (Å²) in [7, 11) is 0. The largest absolute Gasteiger partial charge is 0.480 e. The first kappa shape index (κ1) is 60.1. The van der Waals surface area contributed by atoms with E-state index >= 15 is 0 Å². The molecule has 4 amide bonds. The van der Waals surface area contributed by atoms with Crippen LogP contribution in [0.3, 0.4) is 0 Å². The quantitative estimate of drug-likeness (QED) is 0.129. The van der Waals surface area contributed by atoms with Gasteiger partial charge < -0.3 is 38.5 Å². The van der Waals surface area contributed by atoms with Gasteiger partial charge in [-0.05, 0) is 127 Å². The van der Waals surface area contributed by atoms with Crippen molar-refractivity contribution in [2.75, 3.05) is 26.4 Å². The van der Waals surface area contributed by atoms with E-state index in [1.807, 2.05) is 48.5 Å². The summed E-state index contributed by atoms with van der Waals surface area (Å²) in [5.74, 6) is 2.62. The molecule has 2 aromatic rings. The van der Waals surface area contributed by atoms with E-state index in [2.05, 4.69) is 19.6 Å². The monoisotopic (exact) mass is 1100 g/mol. The summed E-state index contributed by atoms with van der Waals surface area (Å²) < 4.78 is 24.6. The average molecular weight is 1110 g/mol. The van der Waals surface area contributed by atoms with E-state index in [4.69, 9.17) is 18.9 Å². The topological polar surface area (TPSA) is 118 Å². The molecule has 8 saturated carbocycles. The maximum atomic E-state index is 13.6. The van der Waals surface area contributed by atoms with Gasteiger partial charge in [0.25, 0.3) is 23.6 Å². The van der Waals surface area contributed by atoms with E-state index in [0.29, 0.717) is 71.3 Å². The number of carbonyl (C=O) groups excluding carboxylic acids is 4. The molecule has 80 heavy (non-hydrogen) atoms. The van der Waals surface area contributed by atoms with Crippen LogP contribution >= 0.6 is 0 Å². The summed E-state index contributed by atoms with van der Waals surface area (Å²) >= 11 is 0. The molecule has 12 nitrogen and oxygen atoms in total. The van der Waals surface area contributed by atoms with Gasteiger partial charge in [-0.2, -0.15) is 0 Å². The molecule has 0 aromatic heterocycles. The predicted molar refractivity (Wildman–Crippen MR) is 317 cm³/mol. The van der Waals surface area contributed by atoms with Crippen LogP contribution in [0.5, 0.6) is 23.0 Å². The lowest BCUT2D eigenvalue weighted by atomic mass is 9.88. The van der Waals surface area contributed by atoms with Crippen molar-refractivity contribution in [1.82, 2.24) is 19.6 Å². The van der Waals surface area contributed by atoms with Crippen LogP contribution in [0.4, 0.5) is 0 Å². The fourth-order valence-corrected chi connectivity index (χ4v) is 15.9. The lowest BCUT2D eigenvalue weighted by Gasteiger charge is -2.42. The second kappa shape index (κ2) is 32.4. The third-order valence-electron chi connectivity index (χ3n) is 20.0. The second-order valence-electron chi connectivity index (χ2n) is 25.6. The van der Waals surface area contributed by atoms with Crippen molar-refractivity contribution in [3.05, 3.63) is 48.5 Å². The van der Waals surface area contributed by atoms with Crippen molar-refractivity contribution < 1.29 is 38.1 Å². The highest BCUT2D eigenvalue weighted by Gasteiger charge is 2.37. The number of nitrogens with zero attached hydrogens (tertiary/aromatic N) is 4. The number of carbonyl (C=O) groups is 4. The molecule has 0 spiro atoms. The smallest absolute Gasteiger partial charge is 0.261 e. The molecule has 0 aliphatic heterocycles. The van der Waals surface area contributed by atoms with Crippen LogP contribution in [0.15, 0.2) is 48.5 Å². The first-order chi connectivity index (χ1) is 39.4. The van der Waals surface area contributed by atoms with Crippen LogP contribution in [0.2, 0.25) is 0 Å². The number of ether oxygens (including phenoxy) is 4. The zero-order valence-electron chi connectivity index (χ0n) is 49.4. The van der Waals surface area contributed by atoms with Gasteiger partial charge in [0.15, 0.2) is 49.4 Å². The molecule has 0 unspecified atom stereocenters. The molecule has 0 N–H and O–H groups in total. The minimum atomic E-state index is 0.0254. The Morgan fingerprint density at radius 3 is 0.525 bits per heavy atom. The van der Waals surface area contributed by atoms with Crippen LogP contribution in [0, 0.1) is 0 Å². The standard InChI is InChI=1S/2C34H52N2O4/c2*37-33(35(27-15-5-1-6-16-27)28-17-7-2-8-18-28)25-39-31-23-13-14-24-32(31)40-26-34(38)36(29-19-9-3-10-20-29)30-21-11-4-12-22-30/h2*13-14,23-24,27-30H,1-12,15-22,25-26H2. The zero-order valence-corrected chi connectivity index (χ0v) is 49.4. The van der Waals surface area contributed by atoms with Gasteiger partial charge in [0.1, 0.15) is 0 Å². The molecular weight excluding hydrogens is 1000 g/mol. The Bertz CT molecular complexity index is 1780. The molecule has 12 heteroatoms. The van der Waals surface area contributed by atoms with Gasteiger partial charge in [0, 0.05) is 48.3 Å². The Balaban J connectivity index is 0.000000194. The molecule has 8 fully saturated rings. The van der Waals surface area contributed by atoms with Crippen molar-refractivity contribution in [3.8, 4) is 23.0 Å². The van der Waals surface area contributed by atoms with E-state index in [1.54, 1.807) is 0 Å². The van der Waals surface area contributed by atoms with Crippen molar-refractivity contribution in [2.45, 2.75) is 305 Å². The number of benzene rings is 2. The molecule has 2 aromatic carbocycles. The molecular formula is C68H104N4O8. The number of amides is 4. The van der Waals surface area contributed by atoms with Gasteiger partial charge in [-0.1, -0.05) is 178 Å². The molecule has 0 atom stereocenters. The Hall–Kier alpha value is -4.48. The molecule has 0 saturated heterocycles. The van der Waals surface area contributed by atoms with Gasteiger partial charge in [-0.3, -0.25) is 19.2 Å². The van der Waals surface area contributed by atoms with Crippen LogP contribution in [0.25, 0.3) is 0 Å². The van der Waals surface area contributed by atoms with Crippen molar-refractivity contribution in [1.29, 1.82) is 0 Å². The van der Waals surface area contributed by atoms with Crippen molar-refractivity contribution >= 4 is 23.6 Å². The van der Waals surface area contributed by atoms with Crippen LogP contribution in [-0.4, -0.2) is 118 Å². The normalized spacial score (nSPS) is 22.0. The van der Waals surface area contributed by atoms with Gasteiger partial charge in [0.2, 0.25) is 0 Å². The molecule has 0 bridgehead atoms. The van der Waals surface area contributed by atoms with Gasteiger partial charge >= 0.3 is 0 Å². The Morgan fingerprint density at radius 2 is 0.388 bits per heavy atom. The average Bonchev–Trinajstić information content (AvgIpc) is 3.53. The van der Waals surface area contributed by atoms with E-state index < -0.39 is 0 Å². The summed E-state index contributed by atoms with van der Waals surface area (Å²) in [5.41, 5.74) is 0. The summed E-state index contributed by atoms with van der Waals surface area (Å²) in [4.78, 5) is 63.3. The SMILES string of the molecule is O=C(COc1ccccc1OCC(=O)N(C1CCCCC1)C1CCCCC1)N(C1CCCCC1)C1CCCCC1.O=C(COc1ccccc1OCC(=O)N(C1CCCCC1)C1CCCCC1)N(C1CCCCC1)C1CCCCC1. The summed E-state index contributed by atoms with van der Waals surface area (Å²) in [6.45, 7) is 0.102. The molecule has 0 radical (unpaired) electrons. The fourth-order valence-electron chi connectivity index (χ4n) is 15.9. The van der Waals surface area contributed by atoms with Crippen LogP contribution in [-0.2, 0) is 19.2 Å². The Labute approximate surface area is 482 Å². The van der Waals surface area contributed by atoms with Gasteiger partial charge in [-0.15, -0.1) is 0 Å². The Kier molecular flexibility index (Phi) is 24.3. The molecule has 444 valence electrons. The van der Waals surface area contributed by atoms with E-state index in [-0.39, 0.29) is 50.1 Å². The minimum absolute atomic E-state index is 0.0254. The lowest BCUT2D eigenvalue weighted by Crippen LogP contribution is -2.50. The second-order valence-corrected chi connectivity index (χ2v) is 25.6. The van der Waals surface area contributed by atoms with Crippen LogP contribution < -0.4 is 18.9 Å². The maximum absolute atomic E-state index is 13.6. The third kappa shape index (κ3) is 17.3. The highest BCUT2D eigenvalue weighted by atomic mass is 16.5. The first-order valence-corrected chi connectivity index (χ1v) is 33.3.